The summed E-state index contributed by atoms with van der Waals surface area (Å²) in [5.74, 6) is 0. The summed E-state index contributed by atoms with van der Waals surface area (Å²) in [5.41, 5.74) is 8.11. The Morgan fingerprint density at radius 3 is 2.67 bits per heavy atom. The third-order valence-electron chi connectivity index (χ3n) is 3.32. The SMILES string of the molecule is Cc1ccc(N(C)S(=O)(=O)c2cnn(CCN)c2)c(C)c1. The van der Waals surface area contributed by atoms with Crippen molar-refractivity contribution in [1.82, 2.24) is 9.78 Å². The van der Waals surface area contributed by atoms with E-state index in [4.69, 9.17) is 5.73 Å². The molecular weight excluding hydrogens is 288 g/mol. The van der Waals surface area contributed by atoms with Crippen molar-refractivity contribution in [3.63, 3.8) is 0 Å². The lowest BCUT2D eigenvalue weighted by molar-refractivity contribution is 0.593. The van der Waals surface area contributed by atoms with Gasteiger partial charge in [-0.1, -0.05) is 17.7 Å². The van der Waals surface area contributed by atoms with Crippen LogP contribution < -0.4 is 10.0 Å². The Kier molecular flexibility index (Phi) is 4.34. The number of hydrogen-bond donors (Lipinski definition) is 1. The highest BCUT2D eigenvalue weighted by atomic mass is 32.2. The number of aryl methyl sites for hydroxylation is 2. The summed E-state index contributed by atoms with van der Waals surface area (Å²) in [7, 11) is -2.07. The molecule has 0 aliphatic carbocycles. The van der Waals surface area contributed by atoms with Gasteiger partial charge in [-0.3, -0.25) is 8.99 Å². The molecule has 1 heterocycles. The second kappa shape index (κ2) is 5.87. The molecule has 0 bridgehead atoms. The van der Waals surface area contributed by atoms with Gasteiger partial charge in [0.05, 0.1) is 18.4 Å². The van der Waals surface area contributed by atoms with Crippen molar-refractivity contribution in [3.05, 3.63) is 41.7 Å². The second-order valence-electron chi connectivity index (χ2n) is 4.99. The third kappa shape index (κ3) is 3.08. The molecule has 0 saturated heterocycles. The summed E-state index contributed by atoms with van der Waals surface area (Å²) < 4.78 is 28.1. The van der Waals surface area contributed by atoms with Crippen molar-refractivity contribution >= 4 is 15.7 Å². The normalized spacial score (nSPS) is 11.6. The standard InChI is InChI=1S/C14H20N4O2S/c1-11-4-5-14(12(2)8-11)17(3)21(19,20)13-9-16-18(10-13)7-6-15/h4-5,8-10H,6-7,15H2,1-3H3. The molecule has 0 saturated carbocycles. The first-order valence-electron chi connectivity index (χ1n) is 6.65. The van der Waals surface area contributed by atoms with E-state index in [-0.39, 0.29) is 4.90 Å². The number of anilines is 1. The Labute approximate surface area is 125 Å². The van der Waals surface area contributed by atoms with Gasteiger partial charge in [0.15, 0.2) is 0 Å². The fourth-order valence-electron chi connectivity index (χ4n) is 2.18. The van der Waals surface area contributed by atoms with Gasteiger partial charge in [-0.2, -0.15) is 5.10 Å². The molecule has 6 nitrogen and oxygen atoms in total. The summed E-state index contributed by atoms with van der Waals surface area (Å²) in [4.78, 5) is 0.165. The molecule has 114 valence electrons. The van der Waals surface area contributed by atoms with Crippen LogP contribution in [0.15, 0.2) is 35.5 Å². The van der Waals surface area contributed by atoms with Crippen LogP contribution in [0.5, 0.6) is 0 Å². The molecule has 0 spiro atoms. The molecule has 7 heteroatoms. The number of hydrogen-bond acceptors (Lipinski definition) is 4. The van der Waals surface area contributed by atoms with E-state index in [1.54, 1.807) is 7.05 Å². The van der Waals surface area contributed by atoms with Gasteiger partial charge in [0.1, 0.15) is 4.90 Å². The molecule has 2 aromatic rings. The number of nitrogens with two attached hydrogens (primary N) is 1. The van der Waals surface area contributed by atoms with E-state index in [0.29, 0.717) is 18.8 Å². The first-order valence-corrected chi connectivity index (χ1v) is 8.09. The van der Waals surface area contributed by atoms with Gasteiger partial charge >= 0.3 is 0 Å². The minimum absolute atomic E-state index is 0.165. The fourth-order valence-corrected chi connectivity index (χ4v) is 3.39. The number of benzene rings is 1. The van der Waals surface area contributed by atoms with Crippen molar-refractivity contribution in [2.75, 3.05) is 17.9 Å². The molecule has 0 fully saturated rings. The van der Waals surface area contributed by atoms with E-state index in [1.165, 1.54) is 21.4 Å². The summed E-state index contributed by atoms with van der Waals surface area (Å²) in [6, 6.07) is 5.66. The van der Waals surface area contributed by atoms with Gasteiger partial charge < -0.3 is 5.73 Å². The zero-order valence-corrected chi connectivity index (χ0v) is 13.3. The lowest BCUT2D eigenvalue weighted by Crippen LogP contribution is -2.27. The zero-order chi connectivity index (χ0) is 15.6. The predicted molar refractivity (Wildman–Crippen MR) is 82.8 cm³/mol. The largest absolute Gasteiger partial charge is 0.329 e. The highest BCUT2D eigenvalue weighted by Gasteiger charge is 2.24. The van der Waals surface area contributed by atoms with E-state index in [1.807, 2.05) is 32.0 Å². The first-order chi connectivity index (χ1) is 9.86. The van der Waals surface area contributed by atoms with Crippen LogP contribution in [0.4, 0.5) is 5.69 Å². The van der Waals surface area contributed by atoms with Crippen LogP contribution >= 0.6 is 0 Å². The van der Waals surface area contributed by atoms with Crippen LogP contribution in [-0.2, 0) is 16.6 Å². The van der Waals surface area contributed by atoms with E-state index >= 15 is 0 Å². The maximum Gasteiger partial charge on any atom is 0.267 e. The van der Waals surface area contributed by atoms with Crippen LogP contribution in [0, 0.1) is 13.8 Å². The van der Waals surface area contributed by atoms with E-state index in [9.17, 15) is 8.42 Å². The Bertz CT molecular complexity index is 737. The number of rotatable bonds is 5. The van der Waals surface area contributed by atoms with Crippen LogP contribution in [0.1, 0.15) is 11.1 Å². The molecule has 0 unspecified atom stereocenters. The molecule has 0 atom stereocenters. The third-order valence-corrected chi connectivity index (χ3v) is 5.04. The van der Waals surface area contributed by atoms with Crippen molar-refractivity contribution in [1.29, 1.82) is 0 Å². The average Bonchev–Trinajstić information content (AvgIpc) is 2.88. The maximum atomic E-state index is 12.6. The van der Waals surface area contributed by atoms with Crippen LogP contribution in [-0.4, -0.2) is 31.8 Å². The number of sulfonamides is 1. The molecule has 1 aromatic heterocycles. The summed E-state index contributed by atoms with van der Waals surface area (Å²) in [6.07, 6.45) is 2.85. The molecular formula is C14H20N4O2S. The molecule has 0 amide bonds. The number of aromatic nitrogens is 2. The minimum atomic E-state index is -3.62. The highest BCUT2D eigenvalue weighted by molar-refractivity contribution is 7.92. The predicted octanol–water partition coefficient (Wildman–Crippen LogP) is 1.28. The average molecular weight is 308 g/mol. The van der Waals surface area contributed by atoms with Gasteiger partial charge in [-0.05, 0) is 25.5 Å². The van der Waals surface area contributed by atoms with Gasteiger partial charge in [-0.25, -0.2) is 8.42 Å². The minimum Gasteiger partial charge on any atom is -0.329 e. The van der Waals surface area contributed by atoms with E-state index < -0.39 is 10.0 Å². The zero-order valence-electron chi connectivity index (χ0n) is 12.4. The quantitative estimate of drug-likeness (QED) is 0.902. The topological polar surface area (TPSA) is 81.2 Å². The van der Waals surface area contributed by atoms with Gasteiger partial charge in [0.25, 0.3) is 10.0 Å². The van der Waals surface area contributed by atoms with Crippen molar-refractivity contribution in [3.8, 4) is 0 Å². The molecule has 0 aliphatic rings. The molecule has 2 rings (SSSR count). The second-order valence-corrected chi connectivity index (χ2v) is 6.96. The maximum absolute atomic E-state index is 12.6. The lowest BCUT2D eigenvalue weighted by Gasteiger charge is -2.20. The Morgan fingerprint density at radius 1 is 1.33 bits per heavy atom. The van der Waals surface area contributed by atoms with Gasteiger partial charge in [0, 0.05) is 19.8 Å². The van der Waals surface area contributed by atoms with Crippen molar-refractivity contribution < 1.29 is 8.42 Å². The lowest BCUT2D eigenvalue weighted by atomic mass is 10.1. The monoisotopic (exact) mass is 308 g/mol. The van der Waals surface area contributed by atoms with Crippen molar-refractivity contribution in [2.45, 2.75) is 25.3 Å². The summed E-state index contributed by atoms with van der Waals surface area (Å²) in [6.45, 7) is 4.77. The van der Waals surface area contributed by atoms with Crippen molar-refractivity contribution in [2.24, 2.45) is 5.73 Å². The molecule has 21 heavy (non-hydrogen) atoms. The summed E-state index contributed by atoms with van der Waals surface area (Å²) in [5, 5.41) is 4.02. The van der Waals surface area contributed by atoms with E-state index in [2.05, 4.69) is 5.10 Å². The Balaban J connectivity index is 2.37. The molecule has 0 aliphatic heterocycles. The summed E-state index contributed by atoms with van der Waals surface area (Å²) >= 11 is 0. The highest BCUT2D eigenvalue weighted by Crippen LogP contribution is 2.25. The van der Waals surface area contributed by atoms with Gasteiger partial charge in [0.2, 0.25) is 0 Å². The fraction of sp³-hybridized carbons (Fsp3) is 0.357. The number of nitrogens with zero attached hydrogens (tertiary/aromatic N) is 3. The molecule has 2 N–H and O–H groups in total. The smallest absolute Gasteiger partial charge is 0.267 e. The first kappa shape index (κ1) is 15.5. The van der Waals surface area contributed by atoms with Gasteiger partial charge in [-0.15, -0.1) is 0 Å². The van der Waals surface area contributed by atoms with E-state index in [0.717, 1.165) is 11.1 Å². The van der Waals surface area contributed by atoms with Crippen LogP contribution in [0.25, 0.3) is 0 Å². The molecule has 0 radical (unpaired) electrons. The Morgan fingerprint density at radius 2 is 2.05 bits per heavy atom. The van der Waals surface area contributed by atoms with Crippen LogP contribution in [0.3, 0.4) is 0 Å². The van der Waals surface area contributed by atoms with Crippen LogP contribution in [0.2, 0.25) is 0 Å². The Hall–Kier alpha value is -1.86. The molecule has 1 aromatic carbocycles.